The van der Waals surface area contributed by atoms with Gasteiger partial charge in [0.15, 0.2) is 0 Å². The highest BCUT2D eigenvalue weighted by atomic mass is 16.2. The number of aromatic nitrogens is 2. The van der Waals surface area contributed by atoms with Crippen molar-refractivity contribution >= 4 is 11.6 Å². The van der Waals surface area contributed by atoms with Crippen LogP contribution < -0.4 is 11.1 Å². The first kappa shape index (κ1) is 14.3. The van der Waals surface area contributed by atoms with E-state index in [1.165, 1.54) is 0 Å². The van der Waals surface area contributed by atoms with Gasteiger partial charge >= 0.3 is 0 Å². The number of hydrogen-bond acceptors (Lipinski definition) is 3. The number of aryl methyl sites for hydroxylation is 2. The second-order valence-corrected chi connectivity index (χ2v) is 4.85. The summed E-state index contributed by atoms with van der Waals surface area (Å²) in [6.07, 6.45) is 0. The monoisotopic (exact) mass is 272 g/mol. The molecule has 1 aromatic carbocycles. The highest BCUT2D eigenvalue weighted by Gasteiger charge is 2.13. The number of nitrogens with zero attached hydrogens (tertiary/aromatic N) is 2. The Morgan fingerprint density at radius 2 is 2.20 bits per heavy atom. The number of hydrogen-bond donors (Lipinski definition) is 2. The van der Waals surface area contributed by atoms with Gasteiger partial charge in [-0.3, -0.25) is 9.48 Å². The number of carbonyl (C=O) groups is 1. The molecular weight excluding hydrogens is 252 g/mol. The minimum absolute atomic E-state index is 0.0599. The van der Waals surface area contributed by atoms with Crippen molar-refractivity contribution in [2.75, 3.05) is 5.32 Å². The van der Waals surface area contributed by atoms with Gasteiger partial charge in [0, 0.05) is 18.3 Å². The summed E-state index contributed by atoms with van der Waals surface area (Å²) in [5.74, 6) is -0.158. The van der Waals surface area contributed by atoms with Gasteiger partial charge in [-0.1, -0.05) is 12.1 Å². The first-order chi connectivity index (χ1) is 9.51. The third-order valence-electron chi connectivity index (χ3n) is 3.10. The zero-order chi connectivity index (χ0) is 14.7. The van der Waals surface area contributed by atoms with Gasteiger partial charge in [0.2, 0.25) is 0 Å². The maximum absolute atomic E-state index is 12.3. The smallest absolute Gasteiger partial charge is 0.273 e. The van der Waals surface area contributed by atoms with E-state index in [0.29, 0.717) is 12.2 Å². The van der Waals surface area contributed by atoms with Gasteiger partial charge in [0.25, 0.3) is 5.91 Å². The summed E-state index contributed by atoms with van der Waals surface area (Å²) in [4.78, 5) is 12.3. The van der Waals surface area contributed by atoms with Crippen molar-refractivity contribution in [3.8, 4) is 0 Å². The predicted molar refractivity (Wildman–Crippen MR) is 79.6 cm³/mol. The van der Waals surface area contributed by atoms with E-state index in [1.54, 1.807) is 10.7 Å². The van der Waals surface area contributed by atoms with Crippen LogP contribution in [0.1, 0.15) is 41.6 Å². The fraction of sp³-hybridized carbons (Fsp3) is 0.333. The summed E-state index contributed by atoms with van der Waals surface area (Å²) in [5.41, 5.74) is 8.98. The van der Waals surface area contributed by atoms with Crippen LogP contribution in [-0.2, 0) is 6.54 Å². The molecule has 0 fully saturated rings. The Hall–Kier alpha value is -2.14. The van der Waals surface area contributed by atoms with Crippen molar-refractivity contribution < 1.29 is 4.79 Å². The van der Waals surface area contributed by atoms with Crippen molar-refractivity contribution in [3.63, 3.8) is 0 Å². The Morgan fingerprint density at radius 1 is 1.45 bits per heavy atom. The zero-order valence-electron chi connectivity index (χ0n) is 12.1. The molecule has 1 heterocycles. The molecule has 1 atom stereocenters. The number of nitrogens with two attached hydrogens (primary N) is 1. The lowest BCUT2D eigenvalue weighted by Gasteiger charge is -2.10. The lowest BCUT2D eigenvalue weighted by atomic mass is 10.1. The minimum Gasteiger partial charge on any atom is -0.324 e. The maximum atomic E-state index is 12.3. The first-order valence-electron chi connectivity index (χ1n) is 6.72. The summed E-state index contributed by atoms with van der Waals surface area (Å²) in [6, 6.07) is 9.30. The lowest BCUT2D eigenvalue weighted by Crippen LogP contribution is -2.17. The van der Waals surface area contributed by atoms with Crippen molar-refractivity contribution in [3.05, 3.63) is 47.3 Å². The Kier molecular flexibility index (Phi) is 4.20. The quantitative estimate of drug-likeness (QED) is 0.898. The lowest BCUT2D eigenvalue weighted by molar-refractivity contribution is 0.101. The van der Waals surface area contributed by atoms with Crippen LogP contribution >= 0.6 is 0 Å². The first-order valence-corrected chi connectivity index (χ1v) is 6.72. The van der Waals surface area contributed by atoms with Crippen LogP contribution in [0.4, 0.5) is 5.69 Å². The Labute approximate surface area is 118 Å². The van der Waals surface area contributed by atoms with Crippen molar-refractivity contribution in [1.29, 1.82) is 0 Å². The molecule has 1 amide bonds. The van der Waals surface area contributed by atoms with Crippen molar-refractivity contribution in [2.45, 2.75) is 33.4 Å². The molecule has 1 unspecified atom stereocenters. The molecule has 5 nitrogen and oxygen atoms in total. The average molecular weight is 272 g/mol. The summed E-state index contributed by atoms with van der Waals surface area (Å²) in [5, 5.41) is 7.16. The number of benzene rings is 1. The second-order valence-electron chi connectivity index (χ2n) is 4.85. The maximum Gasteiger partial charge on any atom is 0.273 e. The van der Waals surface area contributed by atoms with Crippen LogP contribution in [0.5, 0.6) is 0 Å². The normalized spacial score (nSPS) is 12.2. The van der Waals surface area contributed by atoms with Crippen LogP contribution in [0.15, 0.2) is 30.3 Å². The van der Waals surface area contributed by atoms with E-state index in [2.05, 4.69) is 10.4 Å². The number of rotatable bonds is 4. The topological polar surface area (TPSA) is 72.9 Å². The van der Waals surface area contributed by atoms with E-state index in [-0.39, 0.29) is 11.9 Å². The number of anilines is 1. The highest BCUT2D eigenvalue weighted by Crippen LogP contribution is 2.16. The standard InChI is InChI=1S/C15H20N4O/c1-4-19-14(8-10(2)18-19)15(20)17-13-7-5-6-12(9-13)11(3)16/h5-9,11H,4,16H2,1-3H3,(H,17,20). The molecular formula is C15H20N4O. The van der Waals surface area contributed by atoms with E-state index in [0.717, 1.165) is 16.9 Å². The molecule has 0 spiro atoms. The summed E-state index contributed by atoms with van der Waals surface area (Å²) in [6.45, 7) is 6.41. The highest BCUT2D eigenvalue weighted by molar-refractivity contribution is 6.03. The molecule has 5 heteroatoms. The Balaban J connectivity index is 2.21. The van der Waals surface area contributed by atoms with Gasteiger partial charge in [0.05, 0.1) is 5.69 Å². The van der Waals surface area contributed by atoms with Gasteiger partial charge in [-0.25, -0.2) is 0 Å². The number of nitrogens with one attached hydrogen (secondary N) is 1. The van der Waals surface area contributed by atoms with Gasteiger partial charge in [-0.15, -0.1) is 0 Å². The van der Waals surface area contributed by atoms with E-state index >= 15 is 0 Å². The molecule has 20 heavy (non-hydrogen) atoms. The fourth-order valence-corrected chi connectivity index (χ4v) is 2.06. The van der Waals surface area contributed by atoms with E-state index in [9.17, 15) is 4.79 Å². The fourth-order valence-electron chi connectivity index (χ4n) is 2.06. The Bertz CT molecular complexity index is 616. The van der Waals surface area contributed by atoms with Crippen LogP contribution in [-0.4, -0.2) is 15.7 Å². The van der Waals surface area contributed by atoms with Gasteiger partial charge in [0.1, 0.15) is 5.69 Å². The number of carbonyl (C=O) groups excluding carboxylic acids is 1. The molecule has 0 aliphatic heterocycles. The van der Waals surface area contributed by atoms with Crippen LogP contribution in [0.3, 0.4) is 0 Å². The molecule has 2 aromatic rings. The second kappa shape index (κ2) is 5.88. The predicted octanol–water partition coefficient (Wildman–Crippen LogP) is 2.48. The van der Waals surface area contributed by atoms with Gasteiger partial charge < -0.3 is 11.1 Å². The van der Waals surface area contributed by atoms with Crippen LogP contribution in [0.2, 0.25) is 0 Å². The molecule has 0 aliphatic carbocycles. The summed E-state index contributed by atoms with van der Waals surface area (Å²) >= 11 is 0. The third-order valence-corrected chi connectivity index (χ3v) is 3.10. The van der Waals surface area contributed by atoms with Crippen molar-refractivity contribution in [2.24, 2.45) is 5.73 Å². The van der Waals surface area contributed by atoms with E-state index in [4.69, 9.17) is 5.73 Å². The summed E-state index contributed by atoms with van der Waals surface area (Å²) < 4.78 is 1.69. The molecule has 2 rings (SSSR count). The van der Waals surface area contributed by atoms with Crippen LogP contribution in [0, 0.1) is 6.92 Å². The minimum atomic E-state index is -0.158. The molecule has 0 saturated heterocycles. The molecule has 0 bridgehead atoms. The van der Waals surface area contributed by atoms with Crippen LogP contribution in [0.25, 0.3) is 0 Å². The SMILES string of the molecule is CCn1nc(C)cc1C(=O)Nc1cccc(C(C)N)c1. The summed E-state index contributed by atoms with van der Waals surface area (Å²) in [7, 11) is 0. The molecule has 0 saturated carbocycles. The molecule has 3 N–H and O–H groups in total. The molecule has 0 aliphatic rings. The molecule has 1 aromatic heterocycles. The largest absolute Gasteiger partial charge is 0.324 e. The van der Waals surface area contributed by atoms with Gasteiger partial charge in [-0.05, 0) is 44.5 Å². The third kappa shape index (κ3) is 3.05. The average Bonchev–Trinajstić information content (AvgIpc) is 2.80. The zero-order valence-corrected chi connectivity index (χ0v) is 12.1. The molecule has 0 radical (unpaired) electrons. The van der Waals surface area contributed by atoms with E-state index < -0.39 is 0 Å². The Morgan fingerprint density at radius 3 is 2.85 bits per heavy atom. The van der Waals surface area contributed by atoms with E-state index in [1.807, 2.05) is 45.0 Å². The van der Waals surface area contributed by atoms with Gasteiger partial charge in [-0.2, -0.15) is 5.10 Å². The number of amides is 1. The molecule has 106 valence electrons. The van der Waals surface area contributed by atoms with Crippen molar-refractivity contribution in [1.82, 2.24) is 9.78 Å².